The smallest absolute Gasteiger partial charge is 0.221 e. The highest BCUT2D eigenvalue weighted by atomic mass is 16.7. The van der Waals surface area contributed by atoms with Crippen LogP contribution < -0.4 is 0 Å². The van der Waals surface area contributed by atoms with Gasteiger partial charge in [-0.1, -0.05) is 12.8 Å². The van der Waals surface area contributed by atoms with Crippen molar-refractivity contribution < 1.29 is 9.47 Å². The van der Waals surface area contributed by atoms with Gasteiger partial charge in [-0.05, 0) is 49.9 Å². The molecule has 2 aliphatic carbocycles. The van der Waals surface area contributed by atoms with Crippen molar-refractivity contribution in [2.45, 2.75) is 39.4 Å². The molecule has 0 aromatic carbocycles. The molecule has 2 unspecified atom stereocenters. The van der Waals surface area contributed by atoms with Crippen molar-refractivity contribution in [3.63, 3.8) is 0 Å². The maximum Gasteiger partial charge on any atom is 0.221 e. The van der Waals surface area contributed by atoms with Gasteiger partial charge in [0.1, 0.15) is 0 Å². The van der Waals surface area contributed by atoms with E-state index < -0.39 is 0 Å². The van der Waals surface area contributed by atoms with E-state index in [0.717, 1.165) is 11.8 Å². The third kappa shape index (κ3) is 1.77. The van der Waals surface area contributed by atoms with Gasteiger partial charge in [0.2, 0.25) is 6.29 Å². The second-order valence-corrected chi connectivity index (χ2v) is 5.41. The molecule has 90 valence electrons. The molecule has 2 heteroatoms. The second-order valence-electron chi connectivity index (χ2n) is 5.41. The lowest BCUT2D eigenvalue weighted by Gasteiger charge is -2.35. The van der Waals surface area contributed by atoms with Crippen molar-refractivity contribution in [2.24, 2.45) is 23.2 Å². The highest BCUT2D eigenvalue weighted by molar-refractivity contribution is 5.20. The summed E-state index contributed by atoms with van der Waals surface area (Å²) in [5, 5.41) is 0. The SMILES string of the molecule is COC(C#C[C@]1(C)C2CCC(C2)[C@H]1C)OC. The van der Waals surface area contributed by atoms with Crippen LogP contribution in [0.2, 0.25) is 0 Å². The first-order valence-electron chi connectivity index (χ1n) is 6.20. The van der Waals surface area contributed by atoms with E-state index in [2.05, 4.69) is 25.7 Å². The third-order valence-corrected chi connectivity index (χ3v) is 4.86. The zero-order chi connectivity index (χ0) is 11.8. The molecule has 16 heavy (non-hydrogen) atoms. The summed E-state index contributed by atoms with van der Waals surface area (Å²) in [6.45, 7) is 4.67. The molecule has 2 aliphatic rings. The highest BCUT2D eigenvalue weighted by Gasteiger charge is 2.52. The average molecular weight is 222 g/mol. The zero-order valence-electron chi connectivity index (χ0n) is 10.7. The van der Waals surface area contributed by atoms with E-state index in [9.17, 15) is 0 Å². The predicted octanol–water partition coefficient (Wildman–Crippen LogP) is 2.68. The molecule has 2 fully saturated rings. The minimum absolute atomic E-state index is 0.179. The average Bonchev–Trinajstić information content (AvgIpc) is 2.85. The topological polar surface area (TPSA) is 18.5 Å². The Morgan fingerprint density at radius 2 is 1.94 bits per heavy atom. The van der Waals surface area contributed by atoms with E-state index in [0.29, 0.717) is 5.92 Å². The van der Waals surface area contributed by atoms with Crippen molar-refractivity contribution in [1.29, 1.82) is 0 Å². The van der Waals surface area contributed by atoms with Gasteiger partial charge in [0.05, 0.1) is 0 Å². The normalized spacial score (nSPS) is 41.2. The summed E-state index contributed by atoms with van der Waals surface area (Å²) in [6, 6.07) is 0. The van der Waals surface area contributed by atoms with Gasteiger partial charge in [-0.15, -0.1) is 0 Å². The Hall–Kier alpha value is -0.520. The molecule has 0 heterocycles. The Labute approximate surface area is 98.7 Å². The van der Waals surface area contributed by atoms with Crippen LogP contribution in [0.4, 0.5) is 0 Å². The highest BCUT2D eigenvalue weighted by Crippen LogP contribution is 2.58. The Bertz CT molecular complexity index is 306. The molecule has 2 bridgehead atoms. The predicted molar refractivity (Wildman–Crippen MR) is 63.7 cm³/mol. The van der Waals surface area contributed by atoms with Gasteiger partial charge in [0.15, 0.2) is 0 Å². The third-order valence-electron chi connectivity index (χ3n) is 4.86. The molecule has 0 aromatic rings. The molecular weight excluding hydrogens is 200 g/mol. The molecular formula is C14H22O2. The van der Waals surface area contributed by atoms with Gasteiger partial charge in [0.25, 0.3) is 0 Å². The Kier molecular flexibility index (Phi) is 3.28. The maximum atomic E-state index is 5.12. The van der Waals surface area contributed by atoms with E-state index in [1.54, 1.807) is 14.2 Å². The lowest BCUT2D eigenvalue weighted by molar-refractivity contribution is -0.0599. The van der Waals surface area contributed by atoms with Crippen LogP contribution in [-0.2, 0) is 9.47 Å². The molecule has 0 aliphatic heterocycles. The fourth-order valence-electron chi connectivity index (χ4n) is 3.52. The summed E-state index contributed by atoms with van der Waals surface area (Å²) in [7, 11) is 3.27. The lowest BCUT2D eigenvalue weighted by Crippen LogP contribution is -2.30. The molecule has 0 aromatic heterocycles. The maximum absolute atomic E-state index is 5.12. The van der Waals surface area contributed by atoms with Gasteiger partial charge in [-0.3, -0.25) is 0 Å². The van der Waals surface area contributed by atoms with Crippen molar-refractivity contribution in [2.75, 3.05) is 14.2 Å². The first kappa shape index (κ1) is 12.0. The quantitative estimate of drug-likeness (QED) is 0.528. The molecule has 0 saturated heterocycles. The van der Waals surface area contributed by atoms with Crippen molar-refractivity contribution in [3.8, 4) is 11.8 Å². The summed E-state index contributed by atoms with van der Waals surface area (Å²) < 4.78 is 10.2. The van der Waals surface area contributed by atoms with Crippen molar-refractivity contribution in [1.82, 2.24) is 0 Å². The Morgan fingerprint density at radius 1 is 1.25 bits per heavy atom. The van der Waals surface area contributed by atoms with Crippen LogP contribution in [0.25, 0.3) is 0 Å². The van der Waals surface area contributed by atoms with Gasteiger partial charge in [0, 0.05) is 19.6 Å². The minimum atomic E-state index is -0.372. The summed E-state index contributed by atoms with van der Waals surface area (Å²) >= 11 is 0. The number of ether oxygens (including phenoxy) is 2. The fraction of sp³-hybridized carbons (Fsp3) is 0.857. The summed E-state index contributed by atoms with van der Waals surface area (Å²) in [6.07, 6.45) is 3.76. The molecule has 0 amide bonds. The van der Waals surface area contributed by atoms with Gasteiger partial charge in [-0.25, -0.2) is 0 Å². The van der Waals surface area contributed by atoms with E-state index in [1.165, 1.54) is 19.3 Å². The number of methoxy groups -OCH3 is 2. The summed E-state index contributed by atoms with van der Waals surface area (Å²) in [4.78, 5) is 0. The first-order chi connectivity index (χ1) is 7.61. The van der Waals surface area contributed by atoms with Crippen LogP contribution in [0.3, 0.4) is 0 Å². The van der Waals surface area contributed by atoms with Crippen LogP contribution in [-0.4, -0.2) is 20.5 Å². The van der Waals surface area contributed by atoms with Gasteiger partial charge < -0.3 is 9.47 Å². The van der Waals surface area contributed by atoms with Crippen molar-refractivity contribution >= 4 is 0 Å². The number of hydrogen-bond donors (Lipinski definition) is 0. The second kappa shape index (κ2) is 4.39. The van der Waals surface area contributed by atoms with E-state index in [-0.39, 0.29) is 11.7 Å². The molecule has 0 radical (unpaired) electrons. The Morgan fingerprint density at radius 3 is 2.44 bits per heavy atom. The molecule has 2 nitrogen and oxygen atoms in total. The molecule has 4 atom stereocenters. The fourth-order valence-corrected chi connectivity index (χ4v) is 3.52. The summed E-state index contributed by atoms with van der Waals surface area (Å²) in [5.41, 5.74) is 0.179. The molecule has 0 N–H and O–H groups in total. The summed E-state index contributed by atoms with van der Waals surface area (Å²) in [5.74, 6) is 8.96. The minimum Gasteiger partial charge on any atom is -0.345 e. The van der Waals surface area contributed by atoms with Gasteiger partial charge >= 0.3 is 0 Å². The van der Waals surface area contributed by atoms with E-state index in [1.807, 2.05) is 0 Å². The zero-order valence-corrected chi connectivity index (χ0v) is 10.7. The lowest BCUT2D eigenvalue weighted by atomic mass is 9.68. The van der Waals surface area contributed by atoms with E-state index >= 15 is 0 Å². The van der Waals surface area contributed by atoms with Crippen LogP contribution >= 0.6 is 0 Å². The van der Waals surface area contributed by atoms with Crippen molar-refractivity contribution in [3.05, 3.63) is 0 Å². The number of hydrogen-bond acceptors (Lipinski definition) is 2. The Balaban J connectivity index is 2.14. The molecule has 0 spiro atoms. The monoisotopic (exact) mass is 222 g/mol. The number of rotatable bonds is 2. The molecule has 2 saturated carbocycles. The van der Waals surface area contributed by atoms with Gasteiger partial charge in [-0.2, -0.15) is 0 Å². The van der Waals surface area contributed by atoms with E-state index in [4.69, 9.17) is 9.47 Å². The van der Waals surface area contributed by atoms with Crippen LogP contribution in [0.5, 0.6) is 0 Å². The van der Waals surface area contributed by atoms with Crippen LogP contribution in [0, 0.1) is 35.0 Å². The van der Waals surface area contributed by atoms with Crippen LogP contribution in [0.15, 0.2) is 0 Å². The largest absolute Gasteiger partial charge is 0.345 e. The number of fused-ring (bicyclic) bond motifs is 2. The first-order valence-corrected chi connectivity index (χ1v) is 6.20. The standard InChI is InChI=1S/C14H22O2/c1-10-11-5-6-12(9-11)14(10,2)8-7-13(15-3)16-4/h10-13H,5-6,9H2,1-4H3/t10-,11?,12?,14+/m1/s1. The molecule has 2 rings (SSSR count). The van der Waals surface area contributed by atoms with Crippen LogP contribution in [0.1, 0.15) is 33.1 Å².